The van der Waals surface area contributed by atoms with Gasteiger partial charge in [-0.05, 0) is 45.4 Å². The molecule has 2 aromatic heterocycles. The fraction of sp³-hybridized carbons (Fsp3) is 0.455. The summed E-state index contributed by atoms with van der Waals surface area (Å²) >= 11 is 0. The predicted molar refractivity (Wildman–Crippen MR) is 177 cm³/mol. The molecule has 2 fully saturated rings. The number of ether oxygens (including phenoxy) is 5. The summed E-state index contributed by atoms with van der Waals surface area (Å²) < 4.78 is 75.3. The van der Waals surface area contributed by atoms with Gasteiger partial charge in [0.05, 0.1) is 29.0 Å². The van der Waals surface area contributed by atoms with Crippen molar-refractivity contribution in [1.82, 2.24) is 0 Å². The Kier molecular flexibility index (Phi) is 9.77. The molecule has 282 valence electrons. The SMILES string of the molecule is CO[C@@H]1[C@@H](N)[C@@H](O[C@H]2[C@H](Oc3cccc4c(O)c5c(=O)oc6ccc(C)c7c(=O)oc(c34)c5c67)O[C@H](C)[C@H](O)[C@]2(C)O)O[C@H](C)[C@@H]1O.O=S(=O)([O-])[O-]. The van der Waals surface area contributed by atoms with Gasteiger partial charge >= 0.3 is 11.3 Å². The zero-order valence-electron chi connectivity index (χ0n) is 28.2. The van der Waals surface area contributed by atoms with Crippen LogP contribution in [0.25, 0.3) is 43.5 Å². The molecule has 6 N–H and O–H groups in total. The van der Waals surface area contributed by atoms with Crippen molar-refractivity contribution in [2.24, 2.45) is 5.73 Å². The monoisotopic (exact) mass is 749 g/mol. The Hall–Kier alpha value is -3.99. The van der Waals surface area contributed by atoms with Gasteiger partial charge in [0.15, 0.2) is 18.0 Å². The number of fused-ring (bicyclic) bond motifs is 2. The Morgan fingerprint density at radius 3 is 2.19 bits per heavy atom. The summed E-state index contributed by atoms with van der Waals surface area (Å²) in [5.41, 5.74) is 3.52. The third kappa shape index (κ3) is 6.37. The van der Waals surface area contributed by atoms with Gasteiger partial charge in [0.2, 0.25) is 6.29 Å². The molecule has 52 heavy (non-hydrogen) atoms. The Bertz CT molecular complexity index is 2360. The maximum Gasteiger partial charge on any atom is 0.348 e. The minimum absolute atomic E-state index is 0.0328. The van der Waals surface area contributed by atoms with E-state index < -0.39 is 88.2 Å². The largest absolute Gasteiger partial charge is 0.759 e. The summed E-state index contributed by atoms with van der Waals surface area (Å²) in [4.78, 5) is 26.6. The number of benzene rings is 3. The molecule has 0 aliphatic carbocycles. The van der Waals surface area contributed by atoms with E-state index in [1.165, 1.54) is 33.1 Å². The number of aromatic hydroxyl groups is 1. The quantitative estimate of drug-likeness (QED) is 0.0534. The van der Waals surface area contributed by atoms with Gasteiger partial charge in [0.25, 0.3) is 0 Å². The molecule has 0 spiro atoms. The van der Waals surface area contributed by atoms with Crippen LogP contribution < -0.4 is 21.7 Å². The maximum absolute atomic E-state index is 13.4. The first-order chi connectivity index (χ1) is 24.3. The number of aliphatic hydroxyl groups excluding tert-OH is 2. The smallest absolute Gasteiger partial charge is 0.348 e. The molecule has 5 aromatic rings. The number of aryl methyl sites for hydroxylation is 1. The molecule has 10 atom stereocenters. The number of methoxy groups -OCH3 is 1. The summed E-state index contributed by atoms with van der Waals surface area (Å²) in [5.74, 6) is -0.386. The molecule has 0 unspecified atom stereocenters. The first-order valence-corrected chi connectivity index (χ1v) is 17.2. The number of phenols is 1. The highest BCUT2D eigenvalue weighted by atomic mass is 32.3. The van der Waals surface area contributed by atoms with E-state index in [1.54, 1.807) is 32.0 Å². The van der Waals surface area contributed by atoms with Crippen LogP contribution in [0, 0.1) is 6.92 Å². The van der Waals surface area contributed by atoms with E-state index in [9.17, 15) is 30.0 Å². The third-order valence-corrected chi connectivity index (χ3v) is 9.52. The zero-order valence-corrected chi connectivity index (χ0v) is 29.0. The Morgan fingerprint density at radius 2 is 1.54 bits per heavy atom. The number of nitrogens with two attached hydrogens (primary N) is 1. The average Bonchev–Trinajstić information content (AvgIpc) is 3.05. The zero-order chi connectivity index (χ0) is 38.2. The van der Waals surface area contributed by atoms with Gasteiger partial charge in [-0.1, -0.05) is 18.2 Å². The summed E-state index contributed by atoms with van der Waals surface area (Å²) in [5, 5.41) is 45.3. The fourth-order valence-corrected chi connectivity index (χ4v) is 6.96. The minimum atomic E-state index is -5.17. The van der Waals surface area contributed by atoms with Crippen molar-refractivity contribution in [1.29, 1.82) is 0 Å². The maximum atomic E-state index is 13.4. The molecule has 3 aromatic carbocycles. The van der Waals surface area contributed by atoms with Gasteiger partial charge < -0.3 is 67.8 Å². The topological polar surface area (TPSA) is 294 Å². The lowest BCUT2D eigenvalue weighted by atomic mass is 9.86. The Labute approximate surface area is 293 Å². The van der Waals surface area contributed by atoms with Gasteiger partial charge in [0.1, 0.15) is 46.4 Å². The molecule has 19 heteroatoms. The van der Waals surface area contributed by atoms with Crippen LogP contribution in [0.15, 0.2) is 48.8 Å². The Balaban J connectivity index is 0.000000870. The van der Waals surface area contributed by atoms with E-state index in [1.807, 2.05) is 0 Å². The van der Waals surface area contributed by atoms with Crippen molar-refractivity contribution < 1.29 is 70.5 Å². The lowest BCUT2D eigenvalue weighted by Gasteiger charge is -2.50. The molecule has 2 aliphatic heterocycles. The highest BCUT2D eigenvalue weighted by molar-refractivity contribution is 7.79. The van der Waals surface area contributed by atoms with Gasteiger partial charge in [0, 0.05) is 33.7 Å². The van der Waals surface area contributed by atoms with E-state index in [0.717, 1.165) is 0 Å². The molecule has 0 saturated carbocycles. The van der Waals surface area contributed by atoms with Crippen molar-refractivity contribution in [2.75, 3.05) is 7.11 Å². The van der Waals surface area contributed by atoms with Gasteiger partial charge in [-0.15, -0.1) is 0 Å². The van der Waals surface area contributed by atoms with Crippen LogP contribution >= 0.6 is 0 Å². The molecular formula is C33H35NO17S-2. The predicted octanol–water partition coefficient (Wildman–Crippen LogP) is 0.388. The number of hydrogen-bond donors (Lipinski definition) is 5. The number of hydrogen-bond acceptors (Lipinski definition) is 18. The van der Waals surface area contributed by atoms with E-state index >= 15 is 0 Å². The summed E-state index contributed by atoms with van der Waals surface area (Å²) in [6.07, 6.45) is -9.22. The molecule has 7 rings (SSSR count). The van der Waals surface area contributed by atoms with Crippen LogP contribution in [-0.2, 0) is 29.3 Å². The molecule has 18 nitrogen and oxygen atoms in total. The van der Waals surface area contributed by atoms with Crippen molar-refractivity contribution in [3.05, 3.63) is 56.7 Å². The fourth-order valence-electron chi connectivity index (χ4n) is 6.96. The van der Waals surface area contributed by atoms with Crippen LogP contribution in [0.5, 0.6) is 11.5 Å². The van der Waals surface area contributed by atoms with Crippen molar-refractivity contribution in [3.8, 4) is 11.5 Å². The van der Waals surface area contributed by atoms with E-state index in [0.29, 0.717) is 10.9 Å². The number of rotatable bonds is 5. The van der Waals surface area contributed by atoms with E-state index in [4.69, 9.17) is 55.8 Å². The second-order valence-electron chi connectivity index (χ2n) is 13.0. The van der Waals surface area contributed by atoms with Crippen molar-refractivity contribution >= 4 is 53.9 Å². The standard InChI is InChI=1S/C33H35NO13.H2O4S/c1-11-9-10-16-19-17(11)29(38)46-25-18-14(24(36)21(20(19)25)30(39)44-16)7-6-8-15(18)45-32-28(33(4,40)27(37)13(3)43-32)47-31-22(34)26(41-5)23(35)12(2)42-31;1-5(2,3)4/h6-10,12-13,22-23,26-28,31-32,35-37,40H,34H2,1-5H3;(H2,1,2,3,4)/p-2/t12-,13-,22-,23+,26-,27+,28+,31-,32+,33+;/m1./s1. The highest BCUT2D eigenvalue weighted by Gasteiger charge is 2.56. The molecule has 0 amide bonds. The molecule has 0 bridgehead atoms. The molecular weight excluding hydrogens is 714 g/mol. The molecule has 2 aliphatic rings. The first-order valence-electron chi connectivity index (χ1n) is 15.8. The average molecular weight is 750 g/mol. The van der Waals surface area contributed by atoms with Crippen LogP contribution in [0.1, 0.15) is 26.3 Å². The van der Waals surface area contributed by atoms with Gasteiger partial charge in [-0.3, -0.25) is 8.42 Å². The Morgan fingerprint density at radius 1 is 0.904 bits per heavy atom. The van der Waals surface area contributed by atoms with Crippen molar-refractivity contribution in [3.63, 3.8) is 0 Å². The minimum Gasteiger partial charge on any atom is -0.759 e. The molecule has 4 heterocycles. The second kappa shape index (κ2) is 13.5. The third-order valence-electron chi connectivity index (χ3n) is 9.52. The van der Waals surface area contributed by atoms with E-state index in [-0.39, 0.29) is 43.8 Å². The normalized spacial score (nSPS) is 31.2. The summed E-state index contributed by atoms with van der Waals surface area (Å²) in [6.45, 7) is 6.21. The van der Waals surface area contributed by atoms with Crippen molar-refractivity contribution in [2.45, 2.75) is 88.5 Å². The van der Waals surface area contributed by atoms with E-state index in [2.05, 4.69) is 0 Å². The van der Waals surface area contributed by atoms with Crippen LogP contribution in [-0.4, -0.2) is 106 Å². The highest BCUT2D eigenvalue weighted by Crippen LogP contribution is 2.46. The van der Waals surface area contributed by atoms with Gasteiger partial charge in [-0.2, -0.15) is 0 Å². The molecule has 0 radical (unpaired) electrons. The summed E-state index contributed by atoms with van der Waals surface area (Å²) in [7, 11) is -3.78. The summed E-state index contributed by atoms with van der Waals surface area (Å²) in [6, 6.07) is 6.77. The van der Waals surface area contributed by atoms with Crippen LogP contribution in [0.3, 0.4) is 0 Å². The number of phenolic OH excluding ortho intramolecular Hbond substituents is 1. The van der Waals surface area contributed by atoms with Crippen LogP contribution in [0.2, 0.25) is 0 Å². The van der Waals surface area contributed by atoms with Gasteiger partial charge in [-0.25, -0.2) is 9.59 Å². The lowest BCUT2D eigenvalue weighted by molar-refractivity contribution is -0.356. The number of aliphatic hydroxyl groups is 3. The second-order valence-corrected chi connectivity index (χ2v) is 13.8. The molecule has 2 saturated heterocycles. The first kappa shape index (κ1) is 37.8. The lowest BCUT2D eigenvalue weighted by Crippen LogP contribution is -2.69. The van der Waals surface area contributed by atoms with Crippen LogP contribution in [0.4, 0.5) is 0 Å².